The van der Waals surface area contributed by atoms with Gasteiger partial charge in [0, 0.05) is 17.9 Å². The standard InChI is InChI=1S/C14H10O3.C7H4O.CH3NO/c15-13(11-7-3-1-4-8-11)17-14(16)12-9-5-2-6-10-12;8-7-5-1-2-6(7)4-3-5;1-2-3/h1-10H;1-4H;3H,1H2. The summed E-state index contributed by atoms with van der Waals surface area (Å²) in [7, 11) is 0. The summed E-state index contributed by atoms with van der Waals surface area (Å²) in [5, 5.41) is 9.33. The number of benzene rings is 2. The molecule has 2 aromatic carbocycles. The van der Waals surface area contributed by atoms with Crippen LogP contribution in [0.25, 0.3) is 0 Å². The van der Waals surface area contributed by atoms with Crippen LogP contribution in [0.3, 0.4) is 0 Å². The van der Waals surface area contributed by atoms with E-state index in [9.17, 15) is 14.4 Å². The molecule has 2 aliphatic rings. The fourth-order valence-corrected chi connectivity index (χ4v) is 2.29. The Morgan fingerprint density at radius 2 is 1.14 bits per heavy atom. The second-order valence-corrected chi connectivity index (χ2v) is 5.46. The smallest absolute Gasteiger partial charge is 0.346 e. The predicted molar refractivity (Wildman–Crippen MR) is 104 cm³/mol. The SMILES string of the molecule is C=NO.O=C(OC(=O)c1ccccc1)c1ccccc1.O=C1C2=CC=C1C=C2. The summed E-state index contributed by atoms with van der Waals surface area (Å²) in [6.07, 6.45) is 7.38. The number of ketones is 1. The van der Waals surface area contributed by atoms with Crippen molar-refractivity contribution in [1.82, 2.24) is 0 Å². The third-order valence-electron chi connectivity index (χ3n) is 3.61. The lowest BCUT2D eigenvalue weighted by Crippen LogP contribution is -2.12. The number of nitrogens with zero attached hydrogens (tertiary/aromatic N) is 1. The first-order chi connectivity index (χ1) is 13.6. The molecule has 28 heavy (non-hydrogen) atoms. The number of rotatable bonds is 2. The van der Waals surface area contributed by atoms with Crippen molar-refractivity contribution in [3.63, 3.8) is 0 Å². The van der Waals surface area contributed by atoms with E-state index < -0.39 is 11.9 Å². The first kappa shape index (κ1) is 20.3. The fraction of sp³-hybridized carbons (Fsp3) is 0. The minimum absolute atomic E-state index is 0.185. The topological polar surface area (TPSA) is 93.0 Å². The van der Waals surface area contributed by atoms with Gasteiger partial charge in [0.15, 0.2) is 5.78 Å². The molecule has 0 atom stereocenters. The zero-order chi connectivity index (χ0) is 20.4. The van der Waals surface area contributed by atoms with Crippen molar-refractivity contribution in [3.8, 4) is 0 Å². The number of hydrogen-bond donors (Lipinski definition) is 1. The van der Waals surface area contributed by atoms with Gasteiger partial charge >= 0.3 is 11.9 Å². The van der Waals surface area contributed by atoms with E-state index in [0.29, 0.717) is 11.1 Å². The maximum atomic E-state index is 11.6. The van der Waals surface area contributed by atoms with Gasteiger partial charge in [0.1, 0.15) is 0 Å². The number of hydrogen-bond acceptors (Lipinski definition) is 6. The van der Waals surface area contributed by atoms with Gasteiger partial charge in [-0.1, -0.05) is 60.7 Å². The Labute approximate surface area is 161 Å². The van der Waals surface area contributed by atoms with Crippen molar-refractivity contribution in [2.75, 3.05) is 0 Å². The Bertz CT molecular complexity index is 883. The number of allylic oxidation sites excluding steroid dienone is 6. The molecule has 140 valence electrons. The third-order valence-corrected chi connectivity index (χ3v) is 3.61. The summed E-state index contributed by atoms with van der Waals surface area (Å²) in [6.45, 7) is 2.67. The van der Waals surface area contributed by atoms with Crippen molar-refractivity contribution < 1.29 is 24.3 Å². The van der Waals surface area contributed by atoms with Gasteiger partial charge in [0.25, 0.3) is 0 Å². The molecule has 0 saturated carbocycles. The van der Waals surface area contributed by atoms with Gasteiger partial charge in [-0.05, 0) is 24.3 Å². The molecule has 6 nitrogen and oxygen atoms in total. The molecule has 0 spiro atoms. The number of ether oxygens (including phenoxy) is 1. The molecular formula is C22H17NO5. The Hall–Kier alpha value is -4.06. The van der Waals surface area contributed by atoms with Gasteiger partial charge in [-0.2, -0.15) is 0 Å². The zero-order valence-corrected chi connectivity index (χ0v) is 14.8. The molecule has 4 rings (SSSR count). The Kier molecular flexibility index (Phi) is 7.36. The summed E-state index contributed by atoms with van der Waals surface area (Å²) in [4.78, 5) is 33.9. The molecule has 0 saturated heterocycles. The van der Waals surface area contributed by atoms with Gasteiger partial charge in [0.05, 0.1) is 11.1 Å². The number of esters is 2. The number of fused-ring (bicyclic) bond motifs is 2. The van der Waals surface area contributed by atoms with E-state index in [0.717, 1.165) is 11.1 Å². The molecule has 0 amide bonds. The van der Waals surface area contributed by atoms with Crippen LogP contribution in [-0.4, -0.2) is 29.6 Å². The highest BCUT2D eigenvalue weighted by atomic mass is 16.6. The molecule has 0 radical (unpaired) electrons. The first-order valence-corrected chi connectivity index (χ1v) is 8.18. The number of Topliss-reactive ketones (excluding diaryl/α,β-unsaturated/α-hetero) is 1. The van der Waals surface area contributed by atoms with E-state index in [4.69, 9.17) is 9.94 Å². The molecule has 2 aliphatic carbocycles. The van der Waals surface area contributed by atoms with Crippen LogP contribution in [0.2, 0.25) is 0 Å². The van der Waals surface area contributed by atoms with E-state index >= 15 is 0 Å². The van der Waals surface area contributed by atoms with Crippen LogP contribution >= 0.6 is 0 Å². The van der Waals surface area contributed by atoms with Gasteiger partial charge < -0.3 is 9.94 Å². The summed E-state index contributed by atoms with van der Waals surface area (Å²) in [5.41, 5.74) is 2.38. The Morgan fingerprint density at radius 1 is 0.786 bits per heavy atom. The van der Waals surface area contributed by atoms with Gasteiger partial charge in [-0.3, -0.25) is 4.79 Å². The van der Waals surface area contributed by atoms with Crippen LogP contribution in [0, 0.1) is 0 Å². The summed E-state index contributed by atoms with van der Waals surface area (Å²) in [6, 6.07) is 16.8. The van der Waals surface area contributed by atoms with Crippen molar-refractivity contribution >= 4 is 24.4 Å². The number of oxime groups is 1. The van der Waals surface area contributed by atoms with Crippen molar-refractivity contribution in [3.05, 3.63) is 107 Å². The van der Waals surface area contributed by atoms with Crippen LogP contribution < -0.4 is 0 Å². The van der Waals surface area contributed by atoms with Crippen LogP contribution in [0.4, 0.5) is 0 Å². The highest BCUT2D eigenvalue weighted by Gasteiger charge is 2.20. The molecule has 0 aliphatic heterocycles. The van der Waals surface area contributed by atoms with Crippen LogP contribution in [0.15, 0.2) is 101 Å². The summed E-state index contributed by atoms with van der Waals surface area (Å²) < 4.78 is 4.74. The van der Waals surface area contributed by atoms with E-state index in [1.54, 1.807) is 60.7 Å². The highest BCUT2D eigenvalue weighted by Crippen LogP contribution is 2.23. The van der Waals surface area contributed by atoms with E-state index in [2.05, 4.69) is 11.9 Å². The second-order valence-electron chi connectivity index (χ2n) is 5.46. The predicted octanol–water partition coefficient (Wildman–Crippen LogP) is 3.75. The largest absolute Gasteiger partial charge is 0.411 e. The highest BCUT2D eigenvalue weighted by molar-refractivity contribution is 6.17. The molecular weight excluding hydrogens is 358 g/mol. The minimum atomic E-state index is -0.639. The lowest BCUT2D eigenvalue weighted by Gasteiger charge is -2.02. The normalized spacial score (nSPS) is 12.5. The van der Waals surface area contributed by atoms with Crippen molar-refractivity contribution in [1.29, 1.82) is 0 Å². The van der Waals surface area contributed by atoms with E-state index in [1.165, 1.54) is 0 Å². The van der Waals surface area contributed by atoms with Gasteiger partial charge in [-0.15, -0.1) is 5.16 Å². The number of carbonyl (C=O) groups is 3. The van der Waals surface area contributed by atoms with E-state index in [-0.39, 0.29) is 5.78 Å². The maximum Gasteiger partial charge on any atom is 0.346 e. The van der Waals surface area contributed by atoms with Crippen LogP contribution in [-0.2, 0) is 9.53 Å². The molecule has 0 fully saturated rings. The maximum absolute atomic E-state index is 11.6. The van der Waals surface area contributed by atoms with Crippen LogP contribution in [0.5, 0.6) is 0 Å². The van der Waals surface area contributed by atoms with Gasteiger partial charge in [0.2, 0.25) is 0 Å². The van der Waals surface area contributed by atoms with Crippen molar-refractivity contribution in [2.45, 2.75) is 0 Å². The molecule has 6 heteroatoms. The molecule has 2 aromatic rings. The van der Waals surface area contributed by atoms with Crippen LogP contribution in [0.1, 0.15) is 20.7 Å². The molecule has 2 bridgehead atoms. The van der Waals surface area contributed by atoms with E-state index in [1.807, 2.05) is 24.3 Å². The molecule has 1 N–H and O–H groups in total. The Balaban J connectivity index is 0.000000209. The zero-order valence-electron chi connectivity index (χ0n) is 14.8. The minimum Gasteiger partial charge on any atom is -0.411 e. The quantitative estimate of drug-likeness (QED) is 0.284. The lowest BCUT2D eigenvalue weighted by atomic mass is 10.2. The lowest BCUT2D eigenvalue weighted by molar-refractivity contribution is -0.111. The average molecular weight is 375 g/mol. The van der Waals surface area contributed by atoms with Crippen molar-refractivity contribution in [2.24, 2.45) is 5.16 Å². The molecule has 0 unspecified atom stereocenters. The summed E-state index contributed by atoms with van der Waals surface area (Å²) >= 11 is 0. The summed E-state index contributed by atoms with van der Waals surface area (Å²) in [5.74, 6) is -1.09. The monoisotopic (exact) mass is 375 g/mol. The third kappa shape index (κ3) is 5.47. The second kappa shape index (κ2) is 10.2. The first-order valence-electron chi connectivity index (χ1n) is 8.18. The number of carbonyl (C=O) groups excluding carboxylic acids is 3. The Morgan fingerprint density at radius 3 is 1.39 bits per heavy atom. The fourth-order valence-electron chi connectivity index (χ4n) is 2.29. The average Bonchev–Trinajstić information content (AvgIpc) is 3.27. The molecule has 0 heterocycles. The molecule has 0 aromatic heterocycles. The van der Waals surface area contributed by atoms with Gasteiger partial charge in [-0.25, -0.2) is 9.59 Å².